The molecule has 0 fully saturated rings. The van der Waals surface area contributed by atoms with Crippen molar-refractivity contribution in [1.29, 1.82) is 0 Å². The van der Waals surface area contributed by atoms with Gasteiger partial charge in [-0.1, -0.05) is 0 Å². The Bertz CT molecular complexity index is 410. The predicted octanol–water partition coefficient (Wildman–Crippen LogP) is 2.81. The van der Waals surface area contributed by atoms with E-state index in [0.29, 0.717) is 6.04 Å². The first-order chi connectivity index (χ1) is 8.80. The van der Waals surface area contributed by atoms with Gasteiger partial charge in [0.15, 0.2) is 0 Å². The number of rotatable bonds is 7. The molecule has 1 N–H and O–H groups in total. The summed E-state index contributed by atoms with van der Waals surface area (Å²) >= 11 is 0. The Morgan fingerprint density at radius 2 is 2.00 bits per heavy atom. The molecular weight excluding hydrogens is 238 g/mol. The zero-order valence-corrected chi connectivity index (χ0v) is 13.5. The normalized spacial score (nSPS) is 13.8. The molecule has 0 spiro atoms. The van der Waals surface area contributed by atoms with E-state index in [2.05, 4.69) is 56.6 Å². The van der Waals surface area contributed by atoms with Crippen LogP contribution >= 0.6 is 0 Å². The zero-order valence-electron chi connectivity index (χ0n) is 13.5. The van der Waals surface area contributed by atoms with Crippen molar-refractivity contribution < 1.29 is 4.74 Å². The van der Waals surface area contributed by atoms with Crippen LogP contribution in [-0.4, -0.2) is 28.5 Å². The van der Waals surface area contributed by atoms with Gasteiger partial charge >= 0.3 is 0 Å². The highest BCUT2D eigenvalue weighted by Gasteiger charge is 2.20. The molecule has 0 aromatic carbocycles. The molecular formula is C15H29N3O. The van der Waals surface area contributed by atoms with Gasteiger partial charge in [0.1, 0.15) is 0 Å². The van der Waals surface area contributed by atoms with Crippen LogP contribution in [0, 0.1) is 13.8 Å². The van der Waals surface area contributed by atoms with Crippen LogP contribution in [0.2, 0.25) is 0 Å². The third-order valence-corrected chi connectivity index (χ3v) is 3.81. The summed E-state index contributed by atoms with van der Waals surface area (Å²) in [4.78, 5) is 0. The summed E-state index contributed by atoms with van der Waals surface area (Å²) in [5, 5.41) is 8.12. The van der Waals surface area contributed by atoms with Crippen molar-refractivity contribution in [3.8, 4) is 0 Å². The Hall–Kier alpha value is -0.870. The van der Waals surface area contributed by atoms with Gasteiger partial charge in [-0.25, -0.2) is 0 Å². The smallest absolute Gasteiger partial charge is 0.0641 e. The molecule has 0 bridgehead atoms. The van der Waals surface area contributed by atoms with Gasteiger partial charge in [0.2, 0.25) is 0 Å². The SMILES string of the molecule is CCn1nc(C)c(CN[C@H](C)CC(C)(C)OC)c1C. The number of hydrogen-bond acceptors (Lipinski definition) is 3. The van der Waals surface area contributed by atoms with E-state index in [1.165, 1.54) is 11.3 Å². The van der Waals surface area contributed by atoms with Gasteiger partial charge in [0, 0.05) is 37.5 Å². The van der Waals surface area contributed by atoms with E-state index >= 15 is 0 Å². The maximum atomic E-state index is 5.47. The first-order valence-electron chi connectivity index (χ1n) is 7.12. The van der Waals surface area contributed by atoms with Crippen molar-refractivity contribution in [3.63, 3.8) is 0 Å². The third kappa shape index (κ3) is 4.32. The van der Waals surface area contributed by atoms with Gasteiger partial charge < -0.3 is 10.1 Å². The van der Waals surface area contributed by atoms with Crippen LogP contribution in [0.1, 0.15) is 51.1 Å². The first kappa shape index (κ1) is 16.2. The van der Waals surface area contributed by atoms with Crippen molar-refractivity contribution in [2.45, 2.75) is 72.7 Å². The van der Waals surface area contributed by atoms with E-state index in [1.54, 1.807) is 7.11 Å². The maximum absolute atomic E-state index is 5.47. The predicted molar refractivity (Wildman–Crippen MR) is 79.4 cm³/mol. The summed E-state index contributed by atoms with van der Waals surface area (Å²) < 4.78 is 7.54. The summed E-state index contributed by atoms with van der Waals surface area (Å²) in [5.74, 6) is 0. The van der Waals surface area contributed by atoms with E-state index in [-0.39, 0.29) is 5.60 Å². The minimum Gasteiger partial charge on any atom is -0.379 e. The lowest BCUT2D eigenvalue weighted by Gasteiger charge is -2.27. The number of hydrogen-bond donors (Lipinski definition) is 1. The molecule has 19 heavy (non-hydrogen) atoms. The second-order valence-corrected chi connectivity index (χ2v) is 5.92. The second kappa shape index (κ2) is 6.53. The lowest BCUT2D eigenvalue weighted by atomic mass is 9.99. The second-order valence-electron chi connectivity index (χ2n) is 5.92. The van der Waals surface area contributed by atoms with E-state index < -0.39 is 0 Å². The van der Waals surface area contributed by atoms with E-state index in [4.69, 9.17) is 4.74 Å². The highest BCUT2D eigenvalue weighted by molar-refractivity contribution is 5.24. The topological polar surface area (TPSA) is 39.1 Å². The molecule has 0 radical (unpaired) electrons. The van der Waals surface area contributed by atoms with Crippen molar-refractivity contribution in [2.24, 2.45) is 0 Å². The molecule has 0 aliphatic carbocycles. The highest BCUT2D eigenvalue weighted by Crippen LogP contribution is 2.17. The summed E-state index contributed by atoms with van der Waals surface area (Å²) in [5.41, 5.74) is 3.64. The molecule has 110 valence electrons. The molecule has 1 aromatic heterocycles. The maximum Gasteiger partial charge on any atom is 0.0641 e. The average Bonchev–Trinajstić information content (AvgIpc) is 2.61. The van der Waals surface area contributed by atoms with Gasteiger partial charge in [-0.2, -0.15) is 5.10 Å². The number of aryl methyl sites for hydroxylation is 2. The van der Waals surface area contributed by atoms with Crippen LogP contribution in [0.4, 0.5) is 0 Å². The quantitative estimate of drug-likeness (QED) is 0.825. The minimum atomic E-state index is -0.0793. The van der Waals surface area contributed by atoms with Crippen molar-refractivity contribution in [2.75, 3.05) is 7.11 Å². The molecule has 1 rings (SSSR count). The van der Waals surface area contributed by atoms with Crippen LogP contribution < -0.4 is 5.32 Å². The molecule has 4 nitrogen and oxygen atoms in total. The lowest BCUT2D eigenvalue weighted by Crippen LogP contribution is -2.35. The Labute approximate surface area is 117 Å². The van der Waals surface area contributed by atoms with E-state index in [1.807, 2.05) is 0 Å². The minimum absolute atomic E-state index is 0.0793. The largest absolute Gasteiger partial charge is 0.379 e. The zero-order chi connectivity index (χ0) is 14.6. The van der Waals surface area contributed by atoms with Crippen molar-refractivity contribution in [3.05, 3.63) is 17.0 Å². The molecule has 0 amide bonds. The van der Waals surface area contributed by atoms with Crippen molar-refractivity contribution in [1.82, 2.24) is 15.1 Å². The van der Waals surface area contributed by atoms with E-state index in [0.717, 1.165) is 25.2 Å². The van der Waals surface area contributed by atoms with Gasteiger partial charge in [-0.05, 0) is 48.0 Å². The first-order valence-corrected chi connectivity index (χ1v) is 7.12. The lowest BCUT2D eigenvalue weighted by molar-refractivity contribution is 0.00844. The van der Waals surface area contributed by atoms with Gasteiger partial charge in [0.25, 0.3) is 0 Å². The highest BCUT2D eigenvalue weighted by atomic mass is 16.5. The molecule has 0 unspecified atom stereocenters. The van der Waals surface area contributed by atoms with Crippen LogP contribution in [0.25, 0.3) is 0 Å². The Morgan fingerprint density at radius 1 is 1.37 bits per heavy atom. The number of nitrogens with one attached hydrogen (secondary N) is 1. The molecule has 4 heteroatoms. The summed E-state index contributed by atoms with van der Waals surface area (Å²) in [7, 11) is 1.77. The van der Waals surface area contributed by atoms with Gasteiger partial charge in [-0.15, -0.1) is 0 Å². The average molecular weight is 267 g/mol. The molecule has 1 heterocycles. The third-order valence-electron chi connectivity index (χ3n) is 3.81. The summed E-state index contributed by atoms with van der Waals surface area (Å²) in [6.07, 6.45) is 0.990. The van der Waals surface area contributed by atoms with Gasteiger partial charge in [-0.3, -0.25) is 4.68 Å². The molecule has 0 aliphatic heterocycles. The fourth-order valence-electron chi connectivity index (χ4n) is 2.47. The Morgan fingerprint density at radius 3 is 2.47 bits per heavy atom. The van der Waals surface area contributed by atoms with Crippen LogP contribution in [0.5, 0.6) is 0 Å². The standard InChI is InChI=1S/C15H29N3O/c1-8-18-13(4)14(12(3)17-18)10-16-11(2)9-15(5,6)19-7/h11,16H,8-10H2,1-7H3/t11-/m1/s1. The monoisotopic (exact) mass is 267 g/mol. The van der Waals surface area contributed by atoms with Gasteiger partial charge in [0.05, 0.1) is 11.3 Å². The number of methoxy groups -OCH3 is 1. The van der Waals surface area contributed by atoms with Crippen LogP contribution in [0.15, 0.2) is 0 Å². The fourth-order valence-corrected chi connectivity index (χ4v) is 2.47. The Balaban J connectivity index is 2.60. The molecule has 0 saturated carbocycles. The fraction of sp³-hybridized carbons (Fsp3) is 0.800. The molecule has 0 aliphatic rings. The van der Waals surface area contributed by atoms with Crippen LogP contribution in [0.3, 0.4) is 0 Å². The molecule has 1 aromatic rings. The van der Waals surface area contributed by atoms with E-state index in [9.17, 15) is 0 Å². The van der Waals surface area contributed by atoms with Crippen molar-refractivity contribution >= 4 is 0 Å². The molecule has 1 atom stereocenters. The van der Waals surface area contributed by atoms with Crippen LogP contribution in [-0.2, 0) is 17.8 Å². The summed E-state index contributed by atoms with van der Waals surface area (Å²) in [6, 6.07) is 0.415. The molecule has 0 saturated heterocycles. The number of ether oxygens (including phenoxy) is 1. The number of aromatic nitrogens is 2. The summed E-state index contributed by atoms with van der Waals surface area (Å²) in [6.45, 7) is 14.6. The Kier molecular flexibility index (Phi) is 5.56. The number of nitrogens with zero attached hydrogens (tertiary/aromatic N) is 2.